The van der Waals surface area contributed by atoms with Gasteiger partial charge in [-0.1, -0.05) is 78.4 Å². The lowest BCUT2D eigenvalue weighted by Gasteiger charge is -2.39. The number of rotatable bonds is 5. The number of para-hydroxylation sites is 1. The molecule has 208 valence electrons. The molecule has 0 aromatic heterocycles. The standard InChI is InChI=1S/C36H30N2O4/c1-21-16-17-29-26(18-21)22(2)19-30-36(27-14-7-8-15-28(27)37-35(36)41)31(33(39)23-10-5-4-6-11-23)32(38(29)30)34(40)24-12-9-13-25(20-24)42-3/h4-20,30-32H,1-3H3,(H,37,41)/t30-,31-,32+,36+/m1/s1. The van der Waals surface area contributed by atoms with Gasteiger partial charge in [0.05, 0.1) is 19.1 Å². The van der Waals surface area contributed by atoms with E-state index in [9.17, 15) is 14.4 Å². The zero-order valence-electron chi connectivity index (χ0n) is 23.6. The Bertz CT molecular complexity index is 1810. The van der Waals surface area contributed by atoms with Gasteiger partial charge in [0.25, 0.3) is 0 Å². The van der Waals surface area contributed by atoms with Crippen molar-refractivity contribution in [3.05, 3.63) is 131 Å². The van der Waals surface area contributed by atoms with Crippen LogP contribution in [0.25, 0.3) is 5.57 Å². The minimum atomic E-state index is -1.34. The highest BCUT2D eigenvalue weighted by Crippen LogP contribution is 2.59. The molecule has 0 aliphatic carbocycles. The van der Waals surface area contributed by atoms with E-state index >= 15 is 0 Å². The topological polar surface area (TPSA) is 75.7 Å². The molecule has 4 aromatic carbocycles. The van der Waals surface area contributed by atoms with Crippen LogP contribution in [0.2, 0.25) is 0 Å². The number of aryl methyl sites for hydroxylation is 1. The van der Waals surface area contributed by atoms with Gasteiger partial charge in [0, 0.05) is 28.1 Å². The predicted octanol–water partition coefficient (Wildman–Crippen LogP) is 6.25. The molecule has 1 N–H and O–H groups in total. The number of amides is 1. The Morgan fingerprint density at radius 2 is 1.57 bits per heavy atom. The summed E-state index contributed by atoms with van der Waals surface area (Å²) in [5, 5.41) is 3.09. The lowest BCUT2D eigenvalue weighted by molar-refractivity contribution is -0.121. The molecule has 1 saturated heterocycles. The number of nitrogens with one attached hydrogen (secondary N) is 1. The number of Topliss-reactive ketones (excluding diaryl/α,β-unsaturated/α-hetero) is 2. The van der Waals surface area contributed by atoms with Gasteiger partial charge in [-0.2, -0.15) is 0 Å². The van der Waals surface area contributed by atoms with Crippen molar-refractivity contribution in [1.82, 2.24) is 0 Å². The molecular formula is C36H30N2O4. The molecule has 42 heavy (non-hydrogen) atoms. The van der Waals surface area contributed by atoms with Gasteiger partial charge in [-0.15, -0.1) is 0 Å². The molecule has 0 saturated carbocycles. The molecule has 1 amide bonds. The summed E-state index contributed by atoms with van der Waals surface area (Å²) in [5.41, 5.74) is 4.88. The van der Waals surface area contributed by atoms with E-state index < -0.39 is 23.4 Å². The number of hydrogen-bond donors (Lipinski definition) is 1. The van der Waals surface area contributed by atoms with Crippen molar-refractivity contribution in [3.8, 4) is 5.75 Å². The van der Waals surface area contributed by atoms with Crippen molar-refractivity contribution in [2.24, 2.45) is 5.92 Å². The Hall–Kier alpha value is -4.97. The van der Waals surface area contributed by atoms with Crippen molar-refractivity contribution in [2.75, 3.05) is 17.3 Å². The van der Waals surface area contributed by atoms with Crippen molar-refractivity contribution in [2.45, 2.75) is 31.3 Å². The minimum Gasteiger partial charge on any atom is -0.497 e. The molecule has 0 bridgehead atoms. The quantitative estimate of drug-likeness (QED) is 0.295. The monoisotopic (exact) mass is 554 g/mol. The zero-order chi connectivity index (χ0) is 29.2. The fourth-order valence-electron chi connectivity index (χ4n) is 7.28. The molecule has 0 radical (unpaired) electrons. The first-order valence-electron chi connectivity index (χ1n) is 14.1. The lowest BCUT2D eigenvalue weighted by atomic mass is 9.64. The summed E-state index contributed by atoms with van der Waals surface area (Å²) in [6, 6.07) is 28.2. The number of allylic oxidation sites excluding steroid dienone is 1. The number of nitrogens with zero attached hydrogens (tertiary/aromatic N) is 1. The minimum absolute atomic E-state index is 0.235. The first-order valence-corrected chi connectivity index (χ1v) is 14.1. The summed E-state index contributed by atoms with van der Waals surface area (Å²) < 4.78 is 5.45. The molecule has 6 nitrogen and oxygen atoms in total. The van der Waals surface area contributed by atoms with Gasteiger partial charge in [-0.3, -0.25) is 14.4 Å². The highest BCUT2D eigenvalue weighted by atomic mass is 16.5. The fourth-order valence-corrected chi connectivity index (χ4v) is 7.28. The third kappa shape index (κ3) is 3.54. The summed E-state index contributed by atoms with van der Waals surface area (Å²) in [6.45, 7) is 4.07. The van der Waals surface area contributed by atoms with Crippen LogP contribution in [-0.2, 0) is 10.2 Å². The molecular weight excluding hydrogens is 524 g/mol. The van der Waals surface area contributed by atoms with Gasteiger partial charge in [-0.25, -0.2) is 0 Å². The van der Waals surface area contributed by atoms with Crippen LogP contribution in [0.5, 0.6) is 5.75 Å². The maximum absolute atomic E-state index is 14.8. The Morgan fingerprint density at radius 3 is 2.36 bits per heavy atom. The van der Waals surface area contributed by atoms with Crippen molar-refractivity contribution in [1.29, 1.82) is 0 Å². The second-order valence-electron chi connectivity index (χ2n) is 11.3. The second-order valence-corrected chi connectivity index (χ2v) is 11.3. The van der Waals surface area contributed by atoms with Gasteiger partial charge in [-0.05, 0) is 55.3 Å². The van der Waals surface area contributed by atoms with Crippen molar-refractivity contribution < 1.29 is 19.1 Å². The first-order chi connectivity index (χ1) is 20.4. The molecule has 3 aliphatic heterocycles. The first kappa shape index (κ1) is 26.0. The van der Waals surface area contributed by atoms with Crippen LogP contribution in [0.4, 0.5) is 11.4 Å². The normalized spacial score (nSPS) is 23.5. The van der Waals surface area contributed by atoms with Crippen LogP contribution < -0.4 is 15.0 Å². The number of fused-ring (bicyclic) bond motifs is 6. The van der Waals surface area contributed by atoms with E-state index in [4.69, 9.17) is 4.74 Å². The number of hydrogen-bond acceptors (Lipinski definition) is 5. The fraction of sp³-hybridized carbons (Fsp3) is 0.194. The van der Waals surface area contributed by atoms with E-state index in [0.717, 1.165) is 28.0 Å². The Labute approximate surface area is 244 Å². The van der Waals surface area contributed by atoms with E-state index in [1.54, 1.807) is 43.5 Å². The van der Waals surface area contributed by atoms with Crippen LogP contribution in [-0.4, -0.2) is 36.7 Å². The average Bonchev–Trinajstić information content (AvgIpc) is 3.49. The maximum atomic E-state index is 14.8. The van der Waals surface area contributed by atoms with E-state index in [1.807, 2.05) is 73.3 Å². The number of ketones is 2. The van der Waals surface area contributed by atoms with Gasteiger partial charge >= 0.3 is 0 Å². The Morgan fingerprint density at radius 1 is 0.833 bits per heavy atom. The molecule has 0 unspecified atom stereocenters. The number of ether oxygens (including phenoxy) is 1. The smallest absolute Gasteiger partial charge is 0.238 e. The Kier molecular flexibility index (Phi) is 5.91. The van der Waals surface area contributed by atoms with Crippen LogP contribution in [0.3, 0.4) is 0 Å². The predicted molar refractivity (Wildman–Crippen MR) is 163 cm³/mol. The summed E-state index contributed by atoms with van der Waals surface area (Å²) in [4.78, 5) is 46.2. The third-order valence-corrected chi connectivity index (χ3v) is 9.10. The van der Waals surface area contributed by atoms with E-state index in [0.29, 0.717) is 22.6 Å². The molecule has 4 aromatic rings. The molecule has 3 aliphatic rings. The number of methoxy groups -OCH3 is 1. The molecule has 7 rings (SSSR count). The number of carbonyl (C=O) groups is 3. The SMILES string of the molecule is COc1cccc(C(=O)[C@@H]2[C@H](C(=O)c3ccccc3)[C@@]3(C(=O)Nc4ccccc43)[C@H]3C=C(C)c4cc(C)ccc4N23)c1. The van der Waals surface area contributed by atoms with Crippen molar-refractivity contribution in [3.63, 3.8) is 0 Å². The van der Waals surface area contributed by atoms with Gasteiger partial charge in [0.15, 0.2) is 11.6 Å². The maximum Gasteiger partial charge on any atom is 0.238 e. The highest BCUT2D eigenvalue weighted by Gasteiger charge is 2.70. The van der Waals surface area contributed by atoms with Crippen LogP contribution in [0.1, 0.15) is 44.3 Å². The van der Waals surface area contributed by atoms with E-state index in [2.05, 4.69) is 17.5 Å². The molecule has 1 spiro atoms. The summed E-state index contributed by atoms with van der Waals surface area (Å²) in [5.74, 6) is -1.21. The van der Waals surface area contributed by atoms with E-state index in [-0.39, 0.29) is 17.5 Å². The Balaban J connectivity index is 1.56. The lowest BCUT2D eigenvalue weighted by Crippen LogP contribution is -2.51. The van der Waals surface area contributed by atoms with Crippen LogP contribution >= 0.6 is 0 Å². The second kappa shape index (κ2) is 9.55. The molecule has 6 heteroatoms. The zero-order valence-corrected chi connectivity index (χ0v) is 23.6. The number of benzene rings is 4. The summed E-state index contributed by atoms with van der Waals surface area (Å²) in [7, 11) is 1.56. The number of carbonyl (C=O) groups excluding carboxylic acids is 3. The summed E-state index contributed by atoms with van der Waals surface area (Å²) in [6.07, 6.45) is 2.08. The molecule has 1 fully saturated rings. The average molecular weight is 555 g/mol. The van der Waals surface area contributed by atoms with E-state index in [1.165, 1.54) is 0 Å². The molecule has 3 heterocycles. The van der Waals surface area contributed by atoms with Crippen LogP contribution in [0.15, 0.2) is 103 Å². The molecule has 4 atom stereocenters. The summed E-state index contributed by atoms with van der Waals surface area (Å²) >= 11 is 0. The van der Waals surface area contributed by atoms with Gasteiger partial charge < -0.3 is 15.0 Å². The van der Waals surface area contributed by atoms with Gasteiger partial charge in [0.2, 0.25) is 5.91 Å². The van der Waals surface area contributed by atoms with Crippen molar-refractivity contribution >= 4 is 34.4 Å². The van der Waals surface area contributed by atoms with Gasteiger partial charge in [0.1, 0.15) is 17.2 Å². The van der Waals surface area contributed by atoms with Crippen LogP contribution in [0, 0.1) is 12.8 Å². The highest BCUT2D eigenvalue weighted by molar-refractivity contribution is 6.18. The largest absolute Gasteiger partial charge is 0.497 e. The number of anilines is 2. The third-order valence-electron chi connectivity index (χ3n) is 9.10.